The van der Waals surface area contributed by atoms with E-state index in [-0.39, 0.29) is 23.1 Å². The molecule has 0 aliphatic heterocycles. The van der Waals surface area contributed by atoms with E-state index in [9.17, 15) is 14.3 Å². The molecule has 1 unspecified atom stereocenters. The Labute approximate surface area is 219 Å². The van der Waals surface area contributed by atoms with E-state index < -0.39 is 11.9 Å². The molecule has 4 rings (SSSR count). The molecule has 2 atom stereocenters. The zero-order chi connectivity index (χ0) is 26.9. The number of ether oxygens (including phenoxy) is 1. The number of aromatic nitrogens is 2. The summed E-state index contributed by atoms with van der Waals surface area (Å²) in [6.07, 6.45) is 9.42. The Kier molecular flexibility index (Phi) is 10.0. The van der Waals surface area contributed by atoms with Crippen molar-refractivity contribution >= 4 is 11.5 Å². The number of aryl methyl sites for hydroxylation is 2. The van der Waals surface area contributed by atoms with Crippen molar-refractivity contribution in [1.29, 1.82) is 0 Å². The molecule has 198 valence electrons. The summed E-state index contributed by atoms with van der Waals surface area (Å²) in [4.78, 5) is 12.6. The number of amides is 1. The van der Waals surface area contributed by atoms with Crippen LogP contribution in [-0.4, -0.2) is 40.0 Å². The number of methoxy groups -OCH3 is 1. The number of halogens is 1. The third kappa shape index (κ3) is 7.07. The van der Waals surface area contributed by atoms with Gasteiger partial charge in [0.05, 0.1) is 25.5 Å². The van der Waals surface area contributed by atoms with E-state index >= 15 is 0 Å². The second-order valence-corrected chi connectivity index (χ2v) is 9.34. The predicted octanol–water partition coefficient (Wildman–Crippen LogP) is 5.62. The lowest BCUT2D eigenvalue weighted by Gasteiger charge is -2.29. The highest BCUT2D eigenvalue weighted by molar-refractivity contribution is 6.20. The number of nitrogens with zero attached hydrogens (tertiary/aromatic N) is 2. The van der Waals surface area contributed by atoms with Crippen LogP contribution in [0.2, 0.25) is 0 Å². The summed E-state index contributed by atoms with van der Waals surface area (Å²) in [7, 11) is 3.45. The Morgan fingerprint density at radius 3 is 2.46 bits per heavy atom. The zero-order valence-corrected chi connectivity index (χ0v) is 22.4. The van der Waals surface area contributed by atoms with Crippen LogP contribution >= 0.6 is 0 Å². The van der Waals surface area contributed by atoms with Crippen LogP contribution in [0.4, 0.5) is 4.39 Å². The molecule has 6 nitrogen and oxygen atoms in total. The van der Waals surface area contributed by atoms with Crippen LogP contribution in [0.15, 0.2) is 54.9 Å². The van der Waals surface area contributed by atoms with Crippen molar-refractivity contribution in [3.63, 3.8) is 0 Å². The van der Waals surface area contributed by atoms with Crippen molar-refractivity contribution < 1.29 is 19.0 Å². The maximum Gasteiger partial charge on any atom is 0.251 e. The summed E-state index contributed by atoms with van der Waals surface area (Å²) >= 11 is 0. The summed E-state index contributed by atoms with van der Waals surface area (Å²) in [5.41, 5.74) is 4.87. The average molecular weight is 508 g/mol. The molecule has 1 aliphatic carbocycles. The van der Waals surface area contributed by atoms with Crippen molar-refractivity contribution in [2.75, 3.05) is 7.11 Å². The Morgan fingerprint density at radius 2 is 1.89 bits per heavy atom. The Hall–Kier alpha value is -3.45. The molecule has 1 fully saturated rings. The van der Waals surface area contributed by atoms with E-state index in [1.54, 1.807) is 26.0 Å². The largest absolute Gasteiger partial charge is 0.496 e. The summed E-state index contributed by atoms with van der Waals surface area (Å²) < 4.78 is 21.3. The standard InChI is InChI=1S/C18H24FNO3.C12H14N2/c1-4-12(17-11(2)16(23-3)10-9-13(17)19)18(22)20-14-7-5-6-8-15(14)21;1-3-10-4-6-11(7-5-10)12-8-13-14(2)9-12/h4,9-10,14-15,21H,5-8H2,1-3H3,(H,20,22);4-9H,3H2,1-2H3/b12-4+;/t14?,15-;/m0./s1. The van der Waals surface area contributed by atoms with E-state index in [1.165, 1.54) is 29.9 Å². The Morgan fingerprint density at radius 1 is 1.19 bits per heavy atom. The van der Waals surface area contributed by atoms with Crippen LogP contribution in [0.25, 0.3) is 16.7 Å². The highest BCUT2D eigenvalue weighted by Crippen LogP contribution is 2.30. The normalized spacial score (nSPS) is 17.5. The molecule has 1 heterocycles. The van der Waals surface area contributed by atoms with Crippen LogP contribution in [0.1, 0.15) is 56.2 Å². The minimum absolute atomic E-state index is 0.245. The number of hydrogen-bond donors (Lipinski definition) is 2. The molecular weight excluding hydrogens is 469 g/mol. The fourth-order valence-electron chi connectivity index (χ4n) is 4.63. The van der Waals surface area contributed by atoms with E-state index in [0.29, 0.717) is 17.7 Å². The van der Waals surface area contributed by atoms with Crippen LogP contribution in [0.3, 0.4) is 0 Å². The second kappa shape index (κ2) is 13.2. The summed E-state index contributed by atoms with van der Waals surface area (Å²) in [5.74, 6) is -0.296. The second-order valence-electron chi connectivity index (χ2n) is 9.34. The summed E-state index contributed by atoms with van der Waals surface area (Å²) in [6, 6.07) is 11.2. The van der Waals surface area contributed by atoms with Gasteiger partial charge in [-0.3, -0.25) is 9.48 Å². The number of benzene rings is 2. The molecule has 2 aromatic carbocycles. The van der Waals surface area contributed by atoms with Gasteiger partial charge in [-0.05, 0) is 56.4 Å². The molecule has 0 saturated heterocycles. The van der Waals surface area contributed by atoms with Crippen molar-refractivity contribution in [2.24, 2.45) is 7.05 Å². The first-order valence-corrected chi connectivity index (χ1v) is 12.9. The average Bonchev–Trinajstić information content (AvgIpc) is 3.34. The third-order valence-corrected chi connectivity index (χ3v) is 6.83. The van der Waals surface area contributed by atoms with Gasteiger partial charge in [0.2, 0.25) is 0 Å². The quantitative estimate of drug-likeness (QED) is 0.425. The van der Waals surface area contributed by atoms with Gasteiger partial charge in [-0.1, -0.05) is 50.1 Å². The van der Waals surface area contributed by atoms with Crippen LogP contribution in [0.5, 0.6) is 5.75 Å². The number of aliphatic hydroxyl groups excluding tert-OH is 1. The van der Waals surface area contributed by atoms with Gasteiger partial charge in [-0.2, -0.15) is 5.10 Å². The van der Waals surface area contributed by atoms with E-state index in [2.05, 4.69) is 41.6 Å². The molecule has 2 N–H and O–H groups in total. The van der Waals surface area contributed by atoms with Crippen molar-refractivity contribution in [3.05, 3.63) is 77.4 Å². The lowest BCUT2D eigenvalue weighted by atomic mass is 9.91. The van der Waals surface area contributed by atoms with Gasteiger partial charge in [0, 0.05) is 35.5 Å². The van der Waals surface area contributed by atoms with E-state index in [4.69, 9.17) is 4.74 Å². The predicted molar refractivity (Wildman–Crippen MR) is 146 cm³/mol. The molecule has 1 saturated carbocycles. The maximum absolute atomic E-state index is 14.3. The van der Waals surface area contributed by atoms with Gasteiger partial charge in [0.25, 0.3) is 5.91 Å². The molecule has 3 aromatic rings. The highest BCUT2D eigenvalue weighted by Gasteiger charge is 2.27. The molecule has 0 radical (unpaired) electrons. The fraction of sp³-hybridized carbons (Fsp3) is 0.400. The molecule has 0 bridgehead atoms. The molecule has 0 spiro atoms. The number of carbonyl (C=O) groups excluding carboxylic acids is 1. The van der Waals surface area contributed by atoms with Crippen LogP contribution in [0, 0.1) is 12.7 Å². The smallest absolute Gasteiger partial charge is 0.251 e. The number of allylic oxidation sites excluding steroid dienone is 1. The van der Waals surface area contributed by atoms with Gasteiger partial charge in [0.1, 0.15) is 11.6 Å². The van der Waals surface area contributed by atoms with Gasteiger partial charge in [0.15, 0.2) is 0 Å². The first-order valence-electron chi connectivity index (χ1n) is 12.9. The molecule has 7 heteroatoms. The van der Waals surface area contributed by atoms with Gasteiger partial charge in [-0.25, -0.2) is 4.39 Å². The van der Waals surface area contributed by atoms with Crippen molar-refractivity contribution in [3.8, 4) is 16.9 Å². The first-order chi connectivity index (χ1) is 17.8. The number of rotatable bonds is 6. The Bertz CT molecular complexity index is 1220. The number of carbonyl (C=O) groups is 1. The first kappa shape index (κ1) is 28.1. The van der Waals surface area contributed by atoms with Crippen molar-refractivity contribution in [2.45, 2.75) is 65.0 Å². The van der Waals surface area contributed by atoms with E-state index in [1.807, 2.05) is 24.1 Å². The lowest BCUT2D eigenvalue weighted by Crippen LogP contribution is -2.45. The molecule has 1 aliphatic rings. The summed E-state index contributed by atoms with van der Waals surface area (Å²) in [6.45, 7) is 5.59. The Balaban J connectivity index is 0.000000231. The topological polar surface area (TPSA) is 76.4 Å². The molecule has 37 heavy (non-hydrogen) atoms. The zero-order valence-electron chi connectivity index (χ0n) is 22.4. The molecular formula is C30H38FN3O3. The molecule has 1 amide bonds. The SMILES string of the molecule is C/C=C(/C(=O)NC1CCCC[C@@H]1O)c1c(F)ccc(OC)c1C.CCc1ccc(-c2cnn(C)c2)cc1. The number of hydrogen-bond acceptors (Lipinski definition) is 4. The lowest BCUT2D eigenvalue weighted by molar-refractivity contribution is -0.117. The van der Waals surface area contributed by atoms with Crippen molar-refractivity contribution in [1.82, 2.24) is 15.1 Å². The van der Waals surface area contributed by atoms with Crippen LogP contribution < -0.4 is 10.1 Å². The monoisotopic (exact) mass is 507 g/mol. The molecule has 1 aromatic heterocycles. The minimum Gasteiger partial charge on any atom is -0.496 e. The minimum atomic E-state index is -0.540. The van der Waals surface area contributed by atoms with Gasteiger partial charge >= 0.3 is 0 Å². The maximum atomic E-state index is 14.3. The number of nitrogens with one attached hydrogen (secondary N) is 1. The highest BCUT2D eigenvalue weighted by atomic mass is 19.1. The summed E-state index contributed by atoms with van der Waals surface area (Å²) in [5, 5.41) is 17.0. The fourth-order valence-corrected chi connectivity index (χ4v) is 4.63. The van der Waals surface area contributed by atoms with E-state index in [0.717, 1.165) is 25.7 Å². The van der Waals surface area contributed by atoms with Crippen LogP contribution in [-0.2, 0) is 18.3 Å². The number of aliphatic hydroxyl groups is 1. The van der Waals surface area contributed by atoms with Gasteiger partial charge < -0.3 is 15.2 Å². The van der Waals surface area contributed by atoms with Gasteiger partial charge in [-0.15, -0.1) is 0 Å². The third-order valence-electron chi connectivity index (χ3n) is 6.83.